The summed E-state index contributed by atoms with van der Waals surface area (Å²) in [7, 11) is 0. The predicted molar refractivity (Wildman–Crippen MR) is 84.1 cm³/mol. The molecule has 3 heteroatoms. The van der Waals surface area contributed by atoms with E-state index in [1.165, 1.54) is 32.1 Å². The second kappa shape index (κ2) is 6.47. The van der Waals surface area contributed by atoms with Gasteiger partial charge in [0.1, 0.15) is 0 Å². The molecular formula is C16H23Cl2N. The Morgan fingerprint density at radius 3 is 2.58 bits per heavy atom. The van der Waals surface area contributed by atoms with Crippen LogP contribution < -0.4 is 5.32 Å². The SMILES string of the molecule is CCC1(CNC(C)c2cc(Cl)ccc2Cl)CCCC1. The standard InChI is InChI=1S/C16H23Cl2N/c1-3-16(8-4-5-9-16)11-19-12(2)14-10-13(17)6-7-15(14)18/h6-7,10,12,19H,3-5,8-9,11H2,1-2H3. The Balaban J connectivity index is 2.00. The smallest absolute Gasteiger partial charge is 0.0454 e. The lowest BCUT2D eigenvalue weighted by atomic mass is 9.83. The van der Waals surface area contributed by atoms with Crippen molar-refractivity contribution in [1.82, 2.24) is 5.32 Å². The lowest BCUT2D eigenvalue weighted by Crippen LogP contribution is -2.33. The number of hydrogen-bond acceptors (Lipinski definition) is 1. The monoisotopic (exact) mass is 299 g/mol. The van der Waals surface area contributed by atoms with Gasteiger partial charge in [0, 0.05) is 22.6 Å². The summed E-state index contributed by atoms with van der Waals surface area (Å²) < 4.78 is 0. The molecule has 1 nitrogen and oxygen atoms in total. The van der Waals surface area contributed by atoms with E-state index in [4.69, 9.17) is 23.2 Å². The van der Waals surface area contributed by atoms with Crippen molar-refractivity contribution in [3.63, 3.8) is 0 Å². The Bertz CT molecular complexity index is 425. The zero-order valence-corrected chi connectivity index (χ0v) is 13.3. The van der Waals surface area contributed by atoms with Crippen LogP contribution >= 0.6 is 23.2 Å². The Morgan fingerprint density at radius 1 is 1.26 bits per heavy atom. The molecule has 1 aliphatic rings. The third kappa shape index (κ3) is 3.65. The molecule has 1 aromatic rings. The minimum absolute atomic E-state index is 0.246. The van der Waals surface area contributed by atoms with E-state index in [2.05, 4.69) is 19.2 Å². The van der Waals surface area contributed by atoms with E-state index in [9.17, 15) is 0 Å². The van der Waals surface area contributed by atoms with E-state index < -0.39 is 0 Å². The molecule has 1 aromatic carbocycles. The normalized spacial score (nSPS) is 19.6. The van der Waals surface area contributed by atoms with Crippen LogP contribution in [0.5, 0.6) is 0 Å². The lowest BCUT2D eigenvalue weighted by molar-refractivity contribution is 0.259. The van der Waals surface area contributed by atoms with Crippen LogP contribution in [0.4, 0.5) is 0 Å². The van der Waals surface area contributed by atoms with Gasteiger partial charge in [0.05, 0.1) is 0 Å². The molecule has 0 aliphatic heterocycles. The summed E-state index contributed by atoms with van der Waals surface area (Å²) in [6.07, 6.45) is 6.72. The first-order valence-corrected chi connectivity index (χ1v) is 8.00. The molecule has 19 heavy (non-hydrogen) atoms. The van der Waals surface area contributed by atoms with Gasteiger partial charge in [-0.2, -0.15) is 0 Å². The maximum Gasteiger partial charge on any atom is 0.0454 e. The van der Waals surface area contributed by atoms with E-state index in [0.29, 0.717) is 5.41 Å². The highest BCUT2D eigenvalue weighted by Gasteiger charge is 2.32. The van der Waals surface area contributed by atoms with Gasteiger partial charge >= 0.3 is 0 Å². The maximum absolute atomic E-state index is 6.26. The van der Waals surface area contributed by atoms with Crippen molar-refractivity contribution in [3.8, 4) is 0 Å². The molecule has 1 unspecified atom stereocenters. The Labute approximate surface area is 126 Å². The second-order valence-electron chi connectivity index (χ2n) is 5.83. The number of hydrogen-bond donors (Lipinski definition) is 1. The molecule has 0 spiro atoms. The summed E-state index contributed by atoms with van der Waals surface area (Å²) in [5, 5.41) is 5.20. The van der Waals surface area contributed by atoms with Crippen molar-refractivity contribution in [2.24, 2.45) is 5.41 Å². The first-order valence-electron chi connectivity index (χ1n) is 7.25. The molecule has 0 aromatic heterocycles. The Kier molecular flexibility index (Phi) is 5.16. The van der Waals surface area contributed by atoms with Gasteiger partial charge in [0.2, 0.25) is 0 Å². The number of halogens is 2. The van der Waals surface area contributed by atoms with Gasteiger partial charge in [0.25, 0.3) is 0 Å². The van der Waals surface area contributed by atoms with Crippen LogP contribution in [-0.4, -0.2) is 6.54 Å². The summed E-state index contributed by atoms with van der Waals surface area (Å²) in [5.74, 6) is 0. The third-order valence-corrected chi connectivity index (χ3v) is 5.20. The molecule has 1 fully saturated rings. The van der Waals surface area contributed by atoms with Gasteiger partial charge in [-0.25, -0.2) is 0 Å². The second-order valence-corrected chi connectivity index (χ2v) is 6.67. The van der Waals surface area contributed by atoms with Crippen molar-refractivity contribution >= 4 is 23.2 Å². The molecule has 1 aliphatic carbocycles. The van der Waals surface area contributed by atoms with E-state index in [1.807, 2.05) is 18.2 Å². The van der Waals surface area contributed by atoms with Gasteiger partial charge in [-0.05, 0) is 55.4 Å². The minimum atomic E-state index is 0.246. The van der Waals surface area contributed by atoms with E-state index in [0.717, 1.165) is 22.2 Å². The molecule has 106 valence electrons. The van der Waals surface area contributed by atoms with E-state index >= 15 is 0 Å². The number of rotatable bonds is 5. The van der Waals surface area contributed by atoms with Crippen LogP contribution in [0.2, 0.25) is 10.0 Å². The Morgan fingerprint density at radius 2 is 1.95 bits per heavy atom. The summed E-state index contributed by atoms with van der Waals surface area (Å²) >= 11 is 12.3. The van der Waals surface area contributed by atoms with Crippen LogP contribution in [0.1, 0.15) is 57.6 Å². The maximum atomic E-state index is 6.26. The first kappa shape index (κ1) is 15.2. The number of benzene rings is 1. The van der Waals surface area contributed by atoms with Crippen LogP contribution in [-0.2, 0) is 0 Å². The van der Waals surface area contributed by atoms with Crippen LogP contribution in [0.25, 0.3) is 0 Å². The largest absolute Gasteiger partial charge is 0.310 e. The van der Waals surface area contributed by atoms with E-state index in [-0.39, 0.29) is 6.04 Å². The topological polar surface area (TPSA) is 12.0 Å². The third-order valence-electron chi connectivity index (χ3n) is 4.62. The molecule has 0 heterocycles. The number of nitrogens with one attached hydrogen (secondary N) is 1. The molecule has 1 atom stereocenters. The van der Waals surface area contributed by atoms with Gasteiger partial charge in [0.15, 0.2) is 0 Å². The Hall–Kier alpha value is -0.240. The zero-order chi connectivity index (χ0) is 13.9. The van der Waals surface area contributed by atoms with Crippen molar-refractivity contribution < 1.29 is 0 Å². The van der Waals surface area contributed by atoms with Gasteiger partial charge < -0.3 is 5.32 Å². The van der Waals surface area contributed by atoms with Gasteiger partial charge in [-0.15, -0.1) is 0 Å². The van der Waals surface area contributed by atoms with Gasteiger partial charge in [-0.1, -0.05) is 43.0 Å². The zero-order valence-electron chi connectivity index (χ0n) is 11.8. The van der Waals surface area contributed by atoms with Crippen molar-refractivity contribution in [1.29, 1.82) is 0 Å². The first-order chi connectivity index (χ1) is 9.06. The van der Waals surface area contributed by atoms with E-state index in [1.54, 1.807) is 0 Å². The summed E-state index contributed by atoms with van der Waals surface area (Å²) in [6, 6.07) is 5.93. The lowest BCUT2D eigenvalue weighted by Gasteiger charge is -2.30. The van der Waals surface area contributed by atoms with Crippen LogP contribution in [0, 0.1) is 5.41 Å². The van der Waals surface area contributed by atoms with Crippen molar-refractivity contribution in [2.45, 2.75) is 52.0 Å². The summed E-state index contributed by atoms with van der Waals surface area (Å²) in [4.78, 5) is 0. The molecular weight excluding hydrogens is 277 g/mol. The fraction of sp³-hybridized carbons (Fsp3) is 0.625. The van der Waals surface area contributed by atoms with Crippen molar-refractivity contribution in [3.05, 3.63) is 33.8 Å². The average molecular weight is 300 g/mol. The molecule has 2 rings (SSSR count). The fourth-order valence-corrected chi connectivity index (χ4v) is 3.57. The molecule has 0 amide bonds. The highest BCUT2D eigenvalue weighted by Crippen LogP contribution is 2.40. The minimum Gasteiger partial charge on any atom is -0.310 e. The van der Waals surface area contributed by atoms with Crippen LogP contribution in [0.15, 0.2) is 18.2 Å². The molecule has 0 radical (unpaired) electrons. The quantitative estimate of drug-likeness (QED) is 0.744. The molecule has 1 saturated carbocycles. The van der Waals surface area contributed by atoms with Crippen molar-refractivity contribution in [2.75, 3.05) is 6.54 Å². The predicted octanol–water partition coefficient (Wildman–Crippen LogP) is 5.61. The molecule has 1 N–H and O–H groups in total. The molecule has 0 bridgehead atoms. The van der Waals surface area contributed by atoms with Gasteiger partial charge in [-0.3, -0.25) is 0 Å². The average Bonchev–Trinajstić information content (AvgIpc) is 2.88. The van der Waals surface area contributed by atoms with Crippen LogP contribution in [0.3, 0.4) is 0 Å². The summed E-state index contributed by atoms with van der Waals surface area (Å²) in [5.41, 5.74) is 1.60. The molecule has 0 saturated heterocycles. The highest BCUT2D eigenvalue weighted by molar-refractivity contribution is 6.33. The summed E-state index contributed by atoms with van der Waals surface area (Å²) in [6.45, 7) is 5.55. The fourth-order valence-electron chi connectivity index (χ4n) is 3.11. The highest BCUT2D eigenvalue weighted by atomic mass is 35.5.